The normalized spacial score (nSPS) is 15.3. The number of piperidine rings is 1. The summed E-state index contributed by atoms with van der Waals surface area (Å²) in [7, 11) is 3.59. The van der Waals surface area contributed by atoms with Gasteiger partial charge in [0.25, 0.3) is 5.91 Å². The number of para-hydroxylation sites is 2. The van der Waals surface area contributed by atoms with E-state index < -0.39 is 0 Å². The molecule has 1 aliphatic rings. The van der Waals surface area contributed by atoms with Crippen LogP contribution in [0.5, 0.6) is 5.75 Å². The second-order valence-corrected chi connectivity index (χ2v) is 10.2. The Morgan fingerprint density at radius 3 is 2.47 bits per heavy atom. The molecule has 0 saturated carbocycles. The zero-order valence-electron chi connectivity index (χ0n) is 22.3. The average Bonchev–Trinajstić information content (AvgIpc) is 3.38. The molecule has 0 radical (unpaired) electrons. The van der Waals surface area contributed by atoms with E-state index in [1.165, 1.54) is 5.56 Å². The fourth-order valence-electron chi connectivity index (χ4n) is 5.31. The molecule has 1 unspecified atom stereocenters. The smallest absolute Gasteiger partial charge is 0.253 e. The SMILES string of the molecule is COc1ccc(C(CCN2CCC(Nc3nc4ccccc4[nH]3)CC2)CN(C)C(=O)c2ccccc2)cc1. The van der Waals surface area contributed by atoms with Crippen molar-refractivity contribution in [1.29, 1.82) is 0 Å². The van der Waals surface area contributed by atoms with Crippen LogP contribution in [0.2, 0.25) is 0 Å². The van der Waals surface area contributed by atoms with Crippen LogP contribution in [0.25, 0.3) is 11.0 Å². The third-order valence-electron chi connectivity index (χ3n) is 7.56. The van der Waals surface area contributed by atoms with E-state index in [1.54, 1.807) is 7.11 Å². The molecule has 5 rings (SSSR count). The number of imidazole rings is 1. The molecule has 0 bridgehead atoms. The third-order valence-corrected chi connectivity index (χ3v) is 7.56. The Morgan fingerprint density at radius 1 is 1.05 bits per heavy atom. The summed E-state index contributed by atoms with van der Waals surface area (Å²) < 4.78 is 5.37. The summed E-state index contributed by atoms with van der Waals surface area (Å²) in [5, 5.41) is 3.60. The third kappa shape index (κ3) is 6.34. The predicted octanol–water partition coefficient (Wildman–Crippen LogP) is 5.39. The first-order valence-electron chi connectivity index (χ1n) is 13.5. The van der Waals surface area contributed by atoms with Crippen LogP contribution < -0.4 is 10.1 Å². The number of aromatic nitrogens is 2. The number of carbonyl (C=O) groups excluding carboxylic acids is 1. The van der Waals surface area contributed by atoms with Gasteiger partial charge < -0.3 is 24.8 Å². The van der Waals surface area contributed by atoms with Crippen molar-refractivity contribution in [2.24, 2.45) is 0 Å². The number of benzene rings is 3. The van der Waals surface area contributed by atoms with E-state index in [4.69, 9.17) is 4.74 Å². The molecule has 7 nitrogen and oxygen atoms in total. The number of rotatable bonds is 10. The van der Waals surface area contributed by atoms with Gasteiger partial charge in [0.2, 0.25) is 5.95 Å². The van der Waals surface area contributed by atoms with Gasteiger partial charge in [-0.3, -0.25) is 4.79 Å². The molecule has 38 heavy (non-hydrogen) atoms. The molecule has 0 aliphatic carbocycles. The predicted molar refractivity (Wildman–Crippen MR) is 153 cm³/mol. The number of likely N-dealkylation sites (N-methyl/N-ethyl adjacent to an activating group) is 1. The monoisotopic (exact) mass is 511 g/mol. The Morgan fingerprint density at radius 2 is 1.76 bits per heavy atom. The van der Waals surface area contributed by atoms with Crippen LogP contribution >= 0.6 is 0 Å². The molecule has 3 aromatic carbocycles. The fourth-order valence-corrected chi connectivity index (χ4v) is 5.31. The van der Waals surface area contributed by atoms with E-state index in [-0.39, 0.29) is 11.8 Å². The zero-order chi connectivity index (χ0) is 26.3. The second-order valence-electron chi connectivity index (χ2n) is 10.2. The maximum Gasteiger partial charge on any atom is 0.253 e. The maximum absolute atomic E-state index is 13.0. The Bertz CT molecular complexity index is 1280. The number of nitrogens with zero attached hydrogens (tertiary/aromatic N) is 3. The number of ether oxygens (including phenoxy) is 1. The lowest BCUT2D eigenvalue weighted by Crippen LogP contribution is -2.40. The van der Waals surface area contributed by atoms with Gasteiger partial charge in [-0.15, -0.1) is 0 Å². The molecule has 1 fully saturated rings. The molecule has 1 atom stereocenters. The van der Waals surface area contributed by atoms with Gasteiger partial charge in [-0.2, -0.15) is 0 Å². The highest BCUT2D eigenvalue weighted by molar-refractivity contribution is 5.94. The largest absolute Gasteiger partial charge is 0.497 e. The van der Waals surface area contributed by atoms with Crippen LogP contribution in [0.4, 0.5) is 5.95 Å². The number of likely N-dealkylation sites (tertiary alicyclic amines) is 1. The highest BCUT2D eigenvalue weighted by atomic mass is 16.5. The number of amides is 1. The number of carbonyl (C=O) groups is 1. The minimum absolute atomic E-state index is 0.0570. The summed E-state index contributed by atoms with van der Waals surface area (Å²) in [6.45, 7) is 3.77. The topological polar surface area (TPSA) is 73.5 Å². The molecule has 7 heteroatoms. The van der Waals surface area contributed by atoms with Crippen molar-refractivity contribution in [2.45, 2.75) is 31.2 Å². The van der Waals surface area contributed by atoms with Crippen molar-refractivity contribution in [2.75, 3.05) is 45.7 Å². The van der Waals surface area contributed by atoms with Crippen LogP contribution in [0, 0.1) is 0 Å². The average molecular weight is 512 g/mol. The lowest BCUT2D eigenvalue weighted by molar-refractivity contribution is 0.0782. The quantitative estimate of drug-likeness (QED) is 0.299. The highest BCUT2D eigenvalue weighted by Crippen LogP contribution is 2.26. The second kappa shape index (κ2) is 12.1. The van der Waals surface area contributed by atoms with Gasteiger partial charge in [0, 0.05) is 44.2 Å². The number of aromatic amines is 1. The van der Waals surface area contributed by atoms with Crippen LogP contribution in [0.3, 0.4) is 0 Å². The number of nitrogens with one attached hydrogen (secondary N) is 2. The van der Waals surface area contributed by atoms with Crippen LogP contribution in [0.15, 0.2) is 78.9 Å². The Balaban J connectivity index is 1.17. The number of hydrogen-bond donors (Lipinski definition) is 2. The molecule has 2 N–H and O–H groups in total. The molecule has 0 spiro atoms. The van der Waals surface area contributed by atoms with E-state index in [9.17, 15) is 4.79 Å². The van der Waals surface area contributed by atoms with E-state index in [0.29, 0.717) is 12.6 Å². The number of methoxy groups -OCH3 is 1. The number of hydrogen-bond acceptors (Lipinski definition) is 5. The fraction of sp³-hybridized carbons (Fsp3) is 0.355. The number of H-pyrrole nitrogens is 1. The van der Waals surface area contributed by atoms with E-state index in [0.717, 1.165) is 67.2 Å². The molecule has 4 aromatic rings. The van der Waals surface area contributed by atoms with Crippen molar-refractivity contribution >= 4 is 22.9 Å². The maximum atomic E-state index is 13.0. The van der Waals surface area contributed by atoms with Crippen molar-refractivity contribution in [3.8, 4) is 5.75 Å². The van der Waals surface area contributed by atoms with Crippen LogP contribution in [0.1, 0.15) is 41.1 Å². The van der Waals surface area contributed by atoms with E-state index >= 15 is 0 Å². The molecular weight excluding hydrogens is 474 g/mol. The number of anilines is 1. The molecular formula is C31H37N5O2. The summed E-state index contributed by atoms with van der Waals surface area (Å²) >= 11 is 0. The van der Waals surface area contributed by atoms with Gasteiger partial charge in [-0.1, -0.05) is 42.5 Å². The summed E-state index contributed by atoms with van der Waals surface area (Å²) in [6.07, 6.45) is 3.15. The minimum Gasteiger partial charge on any atom is -0.497 e. The molecule has 1 aromatic heterocycles. The van der Waals surface area contributed by atoms with Crippen LogP contribution in [-0.4, -0.2) is 72.1 Å². The molecule has 1 amide bonds. The van der Waals surface area contributed by atoms with Crippen molar-refractivity contribution in [3.63, 3.8) is 0 Å². The first kappa shape index (κ1) is 25.8. The van der Waals surface area contributed by atoms with Gasteiger partial charge in [-0.25, -0.2) is 4.98 Å². The van der Waals surface area contributed by atoms with Gasteiger partial charge in [0.05, 0.1) is 18.1 Å². The first-order valence-corrected chi connectivity index (χ1v) is 13.5. The highest BCUT2D eigenvalue weighted by Gasteiger charge is 2.23. The number of fused-ring (bicyclic) bond motifs is 1. The Kier molecular flexibility index (Phi) is 8.24. The van der Waals surface area contributed by atoms with Gasteiger partial charge >= 0.3 is 0 Å². The standard InChI is InChI=1S/C31H37N5O2/c1-35(30(37)24-8-4-3-5-9-24)22-25(23-12-14-27(38-2)15-13-23)16-19-36-20-17-26(18-21-36)32-31-33-28-10-6-7-11-29(28)34-31/h3-15,25-26H,16-22H2,1-2H3,(H2,32,33,34). The van der Waals surface area contributed by atoms with Gasteiger partial charge in [0.1, 0.15) is 5.75 Å². The lowest BCUT2D eigenvalue weighted by Gasteiger charge is -2.33. The van der Waals surface area contributed by atoms with Crippen molar-refractivity contribution in [1.82, 2.24) is 19.8 Å². The van der Waals surface area contributed by atoms with E-state index in [2.05, 4.69) is 38.4 Å². The van der Waals surface area contributed by atoms with Gasteiger partial charge in [-0.05, 0) is 67.8 Å². The molecule has 1 aliphatic heterocycles. The zero-order valence-corrected chi connectivity index (χ0v) is 22.3. The molecule has 2 heterocycles. The first-order chi connectivity index (χ1) is 18.6. The molecule has 1 saturated heterocycles. The Hall–Kier alpha value is -3.84. The lowest BCUT2D eigenvalue weighted by atomic mass is 9.94. The van der Waals surface area contributed by atoms with Crippen molar-refractivity contribution < 1.29 is 9.53 Å². The minimum atomic E-state index is 0.0570. The summed E-state index contributed by atoms with van der Waals surface area (Å²) in [5.74, 6) is 2.00. The molecule has 198 valence electrons. The Labute approximate surface area is 224 Å². The van der Waals surface area contributed by atoms with Crippen LogP contribution in [-0.2, 0) is 0 Å². The summed E-state index contributed by atoms with van der Waals surface area (Å²) in [5.41, 5.74) is 4.02. The van der Waals surface area contributed by atoms with E-state index in [1.807, 2.05) is 72.6 Å². The summed E-state index contributed by atoms with van der Waals surface area (Å²) in [4.78, 5) is 25.5. The van der Waals surface area contributed by atoms with Gasteiger partial charge in [0.15, 0.2) is 0 Å². The van der Waals surface area contributed by atoms with Crippen molar-refractivity contribution in [3.05, 3.63) is 90.0 Å². The summed E-state index contributed by atoms with van der Waals surface area (Å²) in [6, 6.07) is 26.3.